The summed E-state index contributed by atoms with van der Waals surface area (Å²) < 4.78 is 27.6. The van der Waals surface area contributed by atoms with Gasteiger partial charge in [-0.05, 0) is 55.5 Å². The summed E-state index contributed by atoms with van der Waals surface area (Å²) in [6, 6.07) is 10.1. The van der Waals surface area contributed by atoms with Crippen LogP contribution in [-0.2, 0) is 23.0 Å². The van der Waals surface area contributed by atoms with Gasteiger partial charge in [-0.3, -0.25) is 15.0 Å². The number of hydrogen-bond acceptors (Lipinski definition) is 5. The molecule has 2 aromatic rings. The van der Waals surface area contributed by atoms with Gasteiger partial charge < -0.3 is 0 Å². The lowest BCUT2D eigenvalue weighted by atomic mass is 9.99. The molecule has 0 amide bonds. The molecule has 0 aromatic heterocycles. The van der Waals surface area contributed by atoms with E-state index in [4.69, 9.17) is 11.6 Å². The zero-order valence-electron chi connectivity index (χ0n) is 17.3. The number of nitro groups is 1. The van der Waals surface area contributed by atoms with E-state index in [1.54, 1.807) is 37.3 Å². The first kappa shape index (κ1) is 25.5. The third-order valence-corrected chi connectivity index (χ3v) is 7.46. The number of non-ortho nitro benzene ring substituents is 1. The molecule has 0 atom stereocenters. The summed E-state index contributed by atoms with van der Waals surface area (Å²) in [5.74, 6) is 0. The van der Waals surface area contributed by atoms with Gasteiger partial charge in [0, 0.05) is 31.8 Å². The van der Waals surface area contributed by atoms with Crippen molar-refractivity contribution in [2.45, 2.75) is 44.0 Å². The Hall–Kier alpha value is -1.71. The molecule has 10 heteroatoms. The number of unbranched alkanes of at least 4 members (excludes halogenated alkanes) is 2. The molecule has 0 unspecified atom stereocenters. The summed E-state index contributed by atoms with van der Waals surface area (Å²) in [5.41, 5.74) is 2.97. The molecule has 0 radical (unpaired) electrons. The van der Waals surface area contributed by atoms with Crippen LogP contribution in [0.2, 0.25) is 5.02 Å². The number of hydrogen-bond donors (Lipinski definition) is 1. The van der Waals surface area contributed by atoms with Crippen molar-refractivity contribution in [1.82, 2.24) is 9.62 Å². The Balaban J connectivity index is 0.00000341. The smallest absolute Gasteiger partial charge is 0.269 e. The van der Waals surface area contributed by atoms with Gasteiger partial charge in [0.1, 0.15) is 4.90 Å². The minimum atomic E-state index is -3.62. The molecular formula is C21H27Cl2N3O4S. The second kappa shape index (κ2) is 11.2. The SMILES string of the molecule is Cc1cccc(Cl)c1S(=O)(=O)NCCCCCN1CCc2ccc([N+](=O)[O-])cc2C1.Cl. The molecule has 7 nitrogen and oxygen atoms in total. The number of nitrogens with one attached hydrogen (secondary N) is 1. The van der Waals surface area contributed by atoms with Crippen molar-refractivity contribution in [2.24, 2.45) is 0 Å². The van der Waals surface area contributed by atoms with Crippen molar-refractivity contribution in [1.29, 1.82) is 0 Å². The van der Waals surface area contributed by atoms with Crippen molar-refractivity contribution in [3.8, 4) is 0 Å². The molecule has 1 aliphatic rings. The lowest BCUT2D eigenvalue weighted by Crippen LogP contribution is -2.31. The summed E-state index contributed by atoms with van der Waals surface area (Å²) in [7, 11) is -3.62. The largest absolute Gasteiger partial charge is 0.299 e. The molecular weight excluding hydrogens is 461 g/mol. The highest BCUT2D eigenvalue weighted by Gasteiger charge is 2.20. The number of benzene rings is 2. The Labute approximate surface area is 194 Å². The van der Waals surface area contributed by atoms with Crippen molar-refractivity contribution in [3.63, 3.8) is 0 Å². The lowest BCUT2D eigenvalue weighted by molar-refractivity contribution is -0.385. The fraction of sp³-hybridized carbons (Fsp3) is 0.429. The van der Waals surface area contributed by atoms with Crippen LogP contribution in [0.15, 0.2) is 41.3 Å². The predicted molar refractivity (Wildman–Crippen MR) is 125 cm³/mol. The Morgan fingerprint density at radius 2 is 1.94 bits per heavy atom. The van der Waals surface area contributed by atoms with Gasteiger partial charge in [-0.2, -0.15) is 0 Å². The molecule has 0 saturated heterocycles. The molecule has 0 spiro atoms. The highest BCUT2D eigenvalue weighted by molar-refractivity contribution is 7.89. The maximum atomic E-state index is 12.5. The molecule has 1 N–H and O–H groups in total. The molecule has 0 saturated carbocycles. The summed E-state index contributed by atoms with van der Waals surface area (Å²) in [4.78, 5) is 13.1. The fourth-order valence-corrected chi connectivity index (χ4v) is 5.68. The molecule has 31 heavy (non-hydrogen) atoms. The number of sulfonamides is 1. The van der Waals surface area contributed by atoms with Gasteiger partial charge in [0.15, 0.2) is 0 Å². The van der Waals surface area contributed by atoms with E-state index in [2.05, 4.69) is 9.62 Å². The number of halogens is 2. The zero-order valence-corrected chi connectivity index (χ0v) is 19.7. The predicted octanol–water partition coefficient (Wildman–Crippen LogP) is 4.49. The third-order valence-electron chi connectivity index (χ3n) is 5.37. The summed E-state index contributed by atoms with van der Waals surface area (Å²) in [5, 5.41) is 11.2. The van der Waals surface area contributed by atoms with Gasteiger partial charge in [0.2, 0.25) is 10.0 Å². The molecule has 3 rings (SSSR count). The van der Waals surface area contributed by atoms with E-state index in [-0.39, 0.29) is 32.9 Å². The number of nitro benzene ring substituents is 1. The Morgan fingerprint density at radius 1 is 1.16 bits per heavy atom. The van der Waals surface area contributed by atoms with Gasteiger partial charge in [-0.1, -0.05) is 36.2 Å². The minimum absolute atomic E-state index is 0. The van der Waals surface area contributed by atoms with E-state index in [9.17, 15) is 18.5 Å². The molecule has 1 aliphatic heterocycles. The second-order valence-corrected chi connectivity index (χ2v) is 9.69. The third kappa shape index (κ3) is 6.63. The topological polar surface area (TPSA) is 92.6 Å². The normalized spacial score (nSPS) is 14.0. The standard InChI is InChI=1S/C21H26ClN3O4S.ClH/c1-16-6-5-7-20(22)21(16)30(28,29)23-11-3-2-4-12-24-13-10-17-8-9-19(25(26)27)14-18(17)15-24;/h5-9,14,23H,2-4,10-13,15H2,1H3;1H. The molecule has 1 heterocycles. The van der Waals surface area contributed by atoms with Gasteiger partial charge in [-0.15, -0.1) is 12.4 Å². The minimum Gasteiger partial charge on any atom is -0.299 e. The first-order chi connectivity index (χ1) is 14.3. The van der Waals surface area contributed by atoms with E-state index in [1.807, 2.05) is 6.07 Å². The maximum Gasteiger partial charge on any atom is 0.269 e. The van der Waals surface area contributed by atoms with Crippen molar-refractivity contribution < 1.29 is 13.3 Å². The van der Waals surface area contributed by atoms with E-state index in [0.29, 0.717) is 12.1 Å². The average Bonchev–Trinajstić information content (AvgIpc) is 2.69. The first-order valence-corrected chi connectivity index (χ1v) is 11.9. The highest BCUT2D eigenvalue weighted by Crippen LogP contribution is 2.25. The summed E-state index contributed by atoms with van der Waals surface area (Å²) in [6.07, 6.45) is 3.46. The van der Waals surface area contributed by atoms with Crippen LogP contribution in [0.1, 0.15) is 36.0 Å². The lowest BCUT2D eigenvalue weighted by Gasteiger charge is -2.28. The number of rotatable bonds is 9. The van der Waals surface area contributed by atoms with Crippen LogP contribution < -0.4 is 4.72 Å². The molecule has 0 aliphatic carbocycles. The monoisotopic (exact) mass is 487 g/mol. The zero-order chi connectivity index (χ0) is 21.7. The molecule has 170 valence electrons. The Morgan fingerprint density at radius 3 is 2.65 bits per heavy atom. The van der Waals surface area contributed by atoms with Gasteiger partial charge >= 0.3 is 0 Å². The molecule has 2 aromatic carbocycles. The van der Waals surface area contributed by atoms with Crippen molar-refractivity contribution in [2.75, 3.05) is 19.6 Å². The Bertz CT molecular complexity index is 1010. The molecule has 0 bridgehead atoms. The number of nitrogens with zero attached hydrogens (tertiary/aromatic N) is 2. The van der Waals surface area contributed by atoms with E-state index < -0.39 is 10.0 Å². The van der Waals surface area contributed by atoms with Crippen LogP contribution in [0.4, 0.5) is 5.69 Å². The van der Waals surface area contributed by atoms with E-state index in [0.717, 1.165) is 50.9 Å². The van der Waals surface area contributed by atoms with Crippen molar-refractivity contribution >= 4 is 39.7 Å². The average molecular weight is 488 g/mol. The van der Waals surface area contributed by atoms with E-state index in [1.165, 1.54) is 5.56 Å². The second-order valence-electron chi connectivity index (χ2n) is 7.58. The number of aryl methyl sites for hydroxylation is 1. The van der Waals surface area contributed by atoms with Crippen LogP contribution in [0.3, 0.4) is 0 Å². The quantitative estimate of drug-likeness (QED) is 0.319. The number of fused-ring (bicyclic) bond motifs is 1. The maximum absolute atomic E-state index is 12.5. The summed E-state index contributed by atoms with van der Waals surface area (Å²) >= 11 is 6.06. The van der Waals surface area contributed by atoms with Gasteiger partial charge in [0.05, 0.1) is 9.95 Å². The summed E-state index contributed by atoms with van der Waals surface area (Å²) in [6.45, 7) is 4.63. The van der Waals surface area contributed by atoms with Gasteiger partial charge in [0.25, 0.3) is 5.69 Å². The fourth-order valence-electron chi connectivity index (χ4n) is 3.78. The van der Waals surface area contributed by atoms with Crippen LogP contribution in [-0.4, -0.2) is 37.9 Å². The van der Waals surface area contributed by atoms with Gasteiger partial charge in [-0.25, -0.2) is 13.1 Å². The highest BCUT2D eigenvalue weighted by atomic mass is 35.5. The first-order valence-electron chi connectivity index (χ1n) is 10.0. The van der Waals surface area contributed by atoms with E-state index >= 15 is 0 Å². The van der Waals surface area contributed by atoms with Crippen molar-refractivity contribution in [3.05, 3.63) is 68.2 Å². The Kier molecular flexibility index (Phi) is 9.27. The van der Waals surface area contributed by atoms with Crippen LogP contribution in [0, 0.1) is 17.0 Å². The van der Waals surface area contributed by atoms with Crippen LogP contribution >= 0.6 is 24.0 Å². The molecule has 0 fully saturated rings. The van der Waals surface area contributed by atoms with Crippen LogP contribution in [0.25, 0.3) is 0 Å². The van der Waals surface area contributed by atoms with Crippen LogP contribution in [0.5, 0.6) is 0 Å².